The molecule has 0 radical (unpaired) electrons. The van der Waals surface area contributed by atoms with Crippen molar-refractivity contribution in [3.8, 4) is 0 Å². The lowest BCUT2D eigenvalue weighted by atomic mass is 9.96. The lowest BCUT2D eigenvalue weighted by Crippen LogP contribution is -2.31. The third-order valence-electron chi connectivity index (χ3n) is 4.56. The monoisotopic (exact) mass is 320 g/mol. The largest absolute Gasteiger partial charge is 0.361 e. The molecule has 1 atom stereocenters. The van der Waals surface area contributed by atoms with Gasteiger partial charge in [-0.3, -0.25) is 4.79 Å². The van der Waals surface area contributed by atoms with E-state index >= 15 is 0 Å². The number of aromatic amines is 1. The molecule has 24 heavy (non-hydrogen) atoms. The van der Waals surface area contributed by atoms with Crippen LogP contribution in [0.3, 0.4) is 0 Å². The molecule has 0 saturated heterocycles. The first-order valence-electron chi connectivity index (χ1n) is 8.59. The molecule has 0 fully saturated rings. The minimum atomic E-state index is -0.0771. The molecule has 2 aromatic carbocycles. The van der Waals surface area contributed by atoms with Gasteiger partial charge in [0.1, 0.15) is 0 Å². The number of nitrogens with zero attached hydrogens (tertiary/aromatic N) is 1. The van der Waals surface area contributed by atoms with Crippen molar-refractivity contribution < 1.29 is 4.79 Å². The molecule has 0 aliphatic carbocycles. The molecule has 1 heterocycles. The van der Waals surface area contributed by atoms with E-state index in [1.54, 1.807) is 0 Å². The van der Waals surface area contributed by atoms with Crippen LogP contribution in [0.4, 0.5) is 0 Å². The number of aromatic nitrogens is 1. The third-order valence-corrected chi connectivity index (χ3v) is 4.56. The number of unbranched alkanes of at least 4 members (excludes halogenated alkanes) is 1. The number of rotatable bonds is 6. The second-order valence-electron chi connectivity index (χ2n) is 6.21. The van der Waals surface area contributed by atoms with Crippen LogP contribution in [0.5, 0.6) is 0 Å². The number of amides is 1. The highest BCUT2D eigenvalue weighted by Crippen LogP contribution is 2.33. The predicted octanol–water partition coefficient (Wildman–Crippen LogP) is 4.91. The van der Waals surface area contributed by atoms with Gasteiger partial charge in [0.25, 0.3) is 0 Å². The smallest absolute Gasteiger partial charge is 0.223 e. The molecule has 3 aromatic rings. The van der Waals surface area contributed by atoms with E-state index in [0.29, 0.717) is 6.42 Å². The van der Waals surface area contributed by atoms with Crippen molar-refractivity contribution in [3.05, 3.63) is 71.9 Å². The first kappa shape index (κ1) is 16.3. The van der Waals surface area contributed by atoms with Crippen LogP contribution in [-0.4, -0.2) is 22.8 Å². The van der Waals surface area contributed by atoms with Crippen LogP contribution in [0.15, 0.2) is 60.8 Å². The maximum atomic E-state index is 12.7. The van der Waals surface area contributed by atoms with Crippen LogP contribution in [0.25, 0.3) is 10.9 Å². The Balaban J connectivity index is 2.04. The zero-order valence-electron chi connectivity index (χ0n) is 14.3. The van der Waals surface area contributed by atoms with E-state index in [4.69, 9.17) is 0 Å². The number of carbonyl (C=O) groups excluding carboxylic acids is 1. The topological polar surface area (TPSA) is 36.1 Å². The quantitative estimate of drug-likeness (QED) is 0.688. The molecule has 1 aromatic heterocycles. The lowest BCUT2D eigenvalue weighted by Gasteiger charge is -2.29. The zero-order valence-corrected chi connectivity index (χ0v) is 14.3. The number of H-pyrrole nitrogens is 1. The minimum Gasteiger partial charge on any atom is -0.361 e. The molecule has 0 bridgehead atoms. The highest BCUT2D eigenvalue weighted by molar-refractivity contribution is 5.85. The van der Waals surface area contributed by atoms with Crippen LogP contribution in [0.1, 0.15) is 43.4 Å². The summed E-state index contributed by atoms with van der Waals surface area (Å²) in [7, 11) is 1.91. The number of para-hydroxylation sites is 1. The Kier molecular flexibility index (Phi) is 4.99. The molecule has 0 aliphatic rings. The summed E-state index contributed by atoms with van der Waals surface area (Å²) < 4.78 is 0. The second kappa shape index (κ2) is 7.35. The fourth-order valence-electron chi connectivity index (χ4n) is 3.22. The molecule has 3 rings (SSSR count). The number of hydrogen-bond donors (Lipinski definition) is 1. The fraction of sp³-hybridized carbons (Fsp3) is 0.286. The van der Waals surface area contributed by atoms with E-state index in [9.17, 15) is 4.79 Å². The van der Waals surface area contributed by atoms with Crippen molar-refractivity contribution in [2.24, 2.45) is 0 Å². The van der Waals surface area contributed by atoms with Crippen LogP contribution >= 0.6 is 0 Å². The van der Waals surface area contributed by atoms with E-state index in [1.807, 2.05) is 48.5 Å². The number of benzene rings is 2. The normalized spacial score (nSPS) is 12.2. The number of fused-ring (bicyclic) bond motifs is 1. The number of nitrogens with one attached hydrogen (secondary N) is 1. The molecule has 1 unspecified atom stereocenters. The van der Waals surface area contributed by atoms with Crippen LogP contribution in [0.2, 0.25) is 0 Å². The maximum absolute atomic E-state index is 12.7. The summed E-state index contributed by atoms with van der Waals surface area (Å²) in [6.07, 6.45) is 4.59. The Morgan fingerprint density at radius 2 is 1.79 bits per heavy atom. The number of carbonyl (C=O) groups is 1. The third kappa shape index (κ3) is 3.21. The van der Waals surface area contributed by atoms with Crippen LogP contribution in [0, 0.1) is 0 Å². The van der Waals surface area contributed by atoms with Gasteiger partial charge < -0.3 is 9.88 Å². The summed E-state index contributed by atoms with van der Waals surface area (Å²) in [5.74, 6) is 0.191. The highest BCUT2D eigenvalue weighted by atomic mass is 16.2. The first-order chi connectivity index (χ1) is 11.7. The van der Waals surface area contributed by atoms with Crippen LogP contribution < -0.4 is 0 Å². The van der Waals surface area contributed by atoms with Crippen molar-refractivity contribution in [2.45, 2.75) is 32.2 Å². The van der Waals surface area contributed by atoms with Gasteiger partial charge in [0, 0.05) is 36.1 Å². The first-order valence-corrected chi connectivity index (χ1v) is 8.59. The molecule has 1 amide bonds. The van der Waals surface area contributed by atoms with E-state index in [1.165, 1.54) is 5.39 Å². The number of hydrogen-bond acceptors (Lipinski definition) is 1. The van der Waals surface area contributed by atoms with Crippen molar-refractivity contribution >= 4 is 16.8 Å². The van der Waals surface area contributed by atoms with Gasteiger partial charge in [-0.1, -0.05) is 61.9 Å². The molecule has 0 aliphatic heterocycles. The van der Waals surface area contributed by atoms with E-state index in [-0.39, 0.29) is 11.9 Å². The predicted molar refractivity (Wildman–Crippen MR) is 98.9 cm³/mol. The zero-order chi connectivity index (χ0) is 16.9. The molecular weight excluding hydrogens is 296 g/mol. The van der Waals surface area contributed by atoms with Gasteiger partial charge in [0.15, 0.2) is 0 Å². The Morgan fingerprint density at radius 1 is 1.08 bits per heavy atom. The summed E-state index contributed by atoms with van der Waals surface area (Å²) in [6, 6.07) is 18.4. The minimum absolute atomic E-state index is 0.0771. The maximum Gasteiger partial charge on any atom is 0.223 e. The van der Waals surface area contributed by atoms with Crippen molar-refractivity contribution in [1.82, 2.24) is 9.88 Å². The van der Waals surface area contributed by atoms with Crippen molar-refractivity contribution in [2.75, 3.05) is 7.05 Å². The van der Waals surface area contributed by atoms with Gasteiger partial charge >= 0.3 is 0 Å². The molecule has 0 saturated carbocycles. The average molecular weight is 320 g/mol. The summed E-state index contributed by atoms with van der Waals surface area (Å²) >= 11 is 0. The van der Waals surface area contributed by atoms with Gasteiger partial charge in [-0.25, -0.2) is 0 Å². The standard InChI is InChI=1S/C21H24N2O/c1-3-4-14-20(24)23(2)21(16-10-6-5-7-11-16)18-15-22-19-13-9-8-12-17(18)19/h5-13,15,21-22H,3-4,14H2,1-2H3. The van der Waals surface area contributed by atoms with Gasteiger partial charge in [-0.05, 0) is 18.1 Å². The molecule has 124 valence electrons. The molecule has 1 N–H and O–H groups in total. The molecule has 0 spiro atoms. The van der Waals surface area contributed by atoms with Crippen LogP contribution in [-0.2, 0) is 4.79 Å². The second-order valence-corrected chi connectivity index (χ2v) is 6.21. The summed E-state index contributed by atoms with van der Waals surface area (Å²) in [5, 5.41) is 1.17. The van der Waals surface area contributed by atoms with Gasteiger partial charge in [-0.15, -0.1) is 0 Å². The Hall–Kier alpha value is -2.55. The summed E-state index contributed by atoms with van der Waals surface area (Å²) in [5.41, 5.74) is 3.38. The SMILES string of the molecule is CCCCC(=O)N(C)C(c1ccccc1)c1c[nH]c2ccccc12. The van der Waals surface area contributed by atoms with Crippen molar-refractivity contribution in [1.29, 1.82) is 0 Å². The van der Waals surface area contributed by atoms with Crippen molar-refractivity contribution in [3.63, 3.8) is 0 Å². The van der Waals surface area contributed by atoms with Gasteiger partial charge in [0.2, 0.25) is 5.91 Å². The summed E-state index contributed by atoms with van der Waals surface area (Å²) in [6.45, 7) is 2.11. The lowest BCUT2D eigenvalue weighted by molar-refractivity contribution is -0.131. The average Bonchev–Trinajstić information content (AvgIpc) is 3.05. The van der Waals surface area contributed by atoms with Gasteiger partial charge in [0.05, 0.1) is 6.04 Å². The Morgan fingerprint density at radius 3 is 2.54 bits per heavy atom. The Labute approximate surface area is 143 Å². The molecular formula is C21H24N2O. The molecule has 3 nitrogen and oxygen atoms in total. The van der Waals surface area contributed by atoms with E-state index in [2.05, 4.69) is 36.2 Å². The summed E-state index contributed by atoms with van der Waals surface area (Å²) in [4.78, 5) is 17.9. The highest BCUT2D eigenvalue weighted by Gasteiger charge is 2.25. The van der Waals surface area contributed by atoms with E-state index in [0.717, 1.165) is 29.5 Å². The Bertz CT molecular complexity index is 807. The molecule has 3 heteroatoms. The fourth-order valence-corrected chi connectivity index (χ4v) is 3.22. The van der Waals surface area contributed by atoms with E-state index < -0.39 is 0 Å². The van der Waals surface area contributed by atoms with Gasteiger partial charge in [-0.2, -0.15) is 0 Å².